The average Bonchev–Trinajstić information content (AvgIpc) is 2.34. The number of carbonyl (C=O) groups is 1. The molecule has 0 bridgehead atoms. The van der Waals surface area contributed by atoms with Crippen LogP contribution >= 0.6 is 0 Å². The van der Waals surface area contributed by atoms with E-state index in [1.807, 2.05) is 0 Å². The van der Waals surface area contributed by atoms with Gasteiger partial charge < -0.3 is 10.6 Å². The summed E-state index contributed by atoms with van der Waals surface area (Å²) in [4.78, 5) is 11.6. The summed E-state index contributed by atoms with van der Waals surface area (Å²) in [6.07, 6.45) is 1.17. The molecule has 0 spiro atoms. The first kappa shape index (κ1) is 14.7. The summed E-state index contributed by atoms with van der Waals surface area (Å²) in [5.41, 5.74) is 0.929. The van der Waals surface area contributed by atoms with Gasteiger partial charge in [0.2, 0.25) is 5.91 Å². The lowest BCUT2D eigenvalue weighted by molar-refractivity contribution is -0.122. The lowest BCUT2D eigenvalue weighted by Crippen LogP contribution is -2.40. The van der Waals surface area contributed by atoms with Crippen molar-refractivity contribution in [1.29, 1.82) is 0 Å². The second-order valence-electron chi connectivity index (χ2n) is 4.13. The fourth-order valence-electron chi connectivity index (χ4n) is 1.43. The minimum absolute atomic E-state index is 0.0808. The largest absolute Gasteiger partial charge is 0.358 e. The standard InChI is InChI=1S/C12H18N2O3S/c1-9(12(15)13-2)14-8-10-4-6-11(7-5-10)18(3,16)17/h4-7,9,14H,8H2,1-3H3,(H,13,15). The van der Waals surface area contributed by atoms with Crippen molar-refractivity contribution in [2.45, 2.75) is 24.4 Å². The number of amides is 1. The molecule has 1 atom stereocenters. The van der Waals surface area contributed by atoms with Gasteiger partial charge in [-0.1, -0.05) is 12.1 Å². The van der Waals surface area contributed by atoms with E-state index in [0.717, 1.165) is 5.56 Å². The Morgan fingerprint density at radius 2 is 1.83 bits per heavy atom. The molecule has 1 aromatic rings. The molecule has 0 saturated carbocycles. The van der Waals surface area contributed by atoms with Crippen LogP contribution in [0.5, 0.6) is 0 Å². The average molecular weight is 270 g/mol. The smallest absolute Gasteiger partial charge is 0.236 e. The van der Waals surface area contributed by atoms with E-state index in [1.54, 1.807) is 38.2 Å². The SMILES string of the molecule is CNC(=O)C(C)NCc1ccc(S(C)(=O)=O)cc1. The van der Waals surface area contributed by atoms with Crippen LogP contribution in [-0.2, 0) is 21.2 Å². The topological polar surface area (TPSA) is 75.3 Å². The zero-order chi connectivity index (χ0) is 13.8. The lowest BCUT2D eigenvalue weighted by Gasteiger charge is -2.12. The van der Waals surface area contributed by atoms with Crippen LogP contribution in [0.15, 0.2) is 29.2 Å². The molecule has 0 aromatic heterocycles. The number of sulfone groups is 1. The molecule has 5 nitrogen and oxygen atoms in total. The molecule has 18 heavy (non-hydrogen) atoms. The van der Waals surface area contributed by atoms with Gasteiger partial charge in [-0.2, -0.15) is 0 Å². The van der Waals surface area contributed by atoms with Gasteiger partial charge in [0, 0.05) is 19.8 Å². The molecule has 0 saturated heterocycles. The van der Waals surface area contributed by atoms with Crippen molar-refractivity contribution in [3.63, 3.8) is 0 Å². The maximum Gasteiger partial charge on any atom is 0.236 e. The maximum atomic E-state index is 11.3. The van der Waals surface area contributed by atoms with Crippen molar-refractivity contribution in [2.24, 2.45) is 0 Å². The predicted molar refractivity (Wildman–Crippen MR) is 69.9 cm³/mol. The molecule has 1 amide bonds. The Balaban J connectivity index is 2.63. The van der Waals surface area contributed by atoms with Gasteiger partial charge in [0.25, 0.3) is 0 Å². The Bertz CT molecular complexity index is 509. The minimum atomic E-state index is -3.15. The summed E-state index contributed by atoms with van der Waals surface area (Å²) in [5, 5.41) is 5.60. The van der Waals surface area contributed by atoms with E-state index in [-0.39, 0.29) is 11.9 Å². The van der Waals surface area contributed by atoms with Crippen molar-refractivity contribution < 1.29 is 13.2 Å². The lowest BCUT2D eigenvalue weighted by atomic mass is 10.2. The Hall–Kier alpha value is -1.40. The van der Waals surface area contributed by atoms with Crippen LogP contribution in [0.3, 0.4) is 0 Å². The second kappa shape index (κ2) is 5.97. The van der Waals surface area contributed by atoms with Crippen molar-refractivity contribution in [3.8, 4) is 0 Å². The van der Waals surface area contributed by atoms with Crippen molar-refractivity contribution in [1.82, 2.24) is 10.6 Å². The molecule has 0 aliphatic carbocycles. The molecule has 0 heterocycles. The van der Waals surface area contributed by atoms with Gasteiger partial charge in [-0.15, -0.1) is 0 Å². The third kappa shape index (κ3) is 4.12. The number of rotatable bonds is 5. The van der Waals surface area contributed by atoms with E-state index in [4.69, 9.17) is 0 Å². The van der Waals surface area contributed by atoms with E-state index in [1.165, 1.54) is 6.26 Å². The van der Waals surface area contributed by atoms with Crippen LogP contribution in [0.2, 0.25) is 0 Å². The van der Waals surface area contributed by atoms with Crippen molar-refractivity contribution >= 4 is 15.7 Å². The van der Waals surface area contributed by atoms with Gasteiger partial charge in [0.15, 0.2) is 9.84 Å². The zero-order valence-corrected chi connectivity index (χ0v) is 11.5. The molecule has 0 radical (unpaired) electrons. The summed E-state index contributed by atoms with van der Waals surface area (Å²) < 4.78 is 22.5. The van der Waals surface area contributed by atoms with E-state index in [9.17, 15) is 13.2 Å². The predicted octanol–water partition coefficient (Wildman–Crippen LogP) is 0.314. The maximum absolute atomic E-state index is 11.3. The fraction of sp³-hybridized carbons (Fsp3) is 0.417. The summed E-state index contributed by atoms with van der Waals surface area (Å²) in [5.74, 6) is -0.0808. The quantitative estimate of drug-likeness (QED) is 0.807. The van der Waals surface area contributed by atoms with Crippen LogP contribution in [0, 0.1) is 0 Å². The van der Waals surface area contributed by atoms with Gasteiger partial charge in [0.1, 0.15) is 0 Å². The fourth-order valence-corrected chi connectivity index (χ4v) is 2.07. The summed E-state index contributed by atoms with van der Waals surface area (Å²) in [7, 11) is -1.57. The number of carbonyl (C=O) groups excluding carboxylic acids is 1. The highest BCUT2D eigenvalue weighted by molar-refractivity contribution is 7.90. The number of likely N-dealkylation sites (N-methyl/N-ethyl adjacent to an activating group) is 1. The van der Waals surface area contributed by atoms with E-state index in [2.05, 4.69) is 10.6 Å². The Labute approximate surface area is 108 Å². The number of benzene rings is 1. The summed E-state index contributed by atoms with van der Waals surface area (Å²) in [6, 6.07) is 6.32. The van der Waals surface area contributed by atoms with E-state index in [0.29, 0.717) is 11.4 Å². The molecular formula is C12H18N2O3S. The first-order chi connectivity index (χ1) is 8.34. The molecule has 1 unspecified atom stereocenters. The third-order valence-corrected chi connectivity index (χ3v) is 3.73. The molecule has 0 fully saturated rings. The Morgan fingerprint density at radius 3 is 2.28 bits per heavy atom. The molecule has 0 aliphatic heterocycles. The van der Waals surface area contributed by atoms with E-state index < -0.39 is 9.84 Å². The molecule has 100 valence electrons. The van der Waals surface area contributed by atoms with Crippen LogP contribution in [0.4, 0.5) is 0 Å². The molecule has 1 rings (SSSR count). The second-order valence-corrected chi connectivity index (χ2v) is 6.15. The van der Waals surface area contributed by atoms with Crippen molar-refractivity contribution in [2.75, 3.05) is 13.3 Å². The van der Waals surface area contributed by atoms with Crippen molar-refractivity contribution in [3.05, 3.63) is 29.8 Å². The summed E-state index contributed by atoms with van der Waals surface area (Å²) >= 11 is 0. The van der Waals surface area contributed by atoms with Crippen LogP contribution < -0.4 is 10.6 Å². The number of nitrogens with one attached hydrogen (secondary N) is 2. The third-order valence-electron chi connectivity index (χ3n) is 2.60. The first-order valence-corrected chi connectivity index (χ1v) is 7.47. The summed E-state index contributed by atoms with van der Waals surface area (Å²) in [6.45, 7) is 2.28. The molecule has 0 aliphatic rings. The Kier molecular flexibility index (Phi) is 4.86. The number of hydrogen-bond donors (Lipinski definition) is 2. The highest BCUT2D eigenvalue weighted by atomic mass is 32.2. The highest BCUT2D eigenvalue weighted by Crippen LogP contribution is 2.10. The molecule has 1 aromatic carbocycles. The minimum Gasteiger partial charge on any atom is -0.358 e. The molecular weight excluding hydrogens is 252 g/mol. The van der Waals surface area contributed by atoms with E-state index >= 15 is 0 Å². The van der Waals surface area contributed by atoms with Gasteiger partial charge >= 0.3 is 0 Å². The normalized spacial score (nSPS) is 13.1. The highest BCUT2D eigenvalue weighted by Gasteiger charge is 2.10. The van der Waals surface area contributed by atoms with Gasteiger partial charge in [-0.05, 0) is 24.6 Å². The first-order valence-electron chi connectivity index (χ1n) is 5.58. The Morgan fingerprint density at radius 1 is 1.28 bits per heavy atom. The molecule has 2 N–H and O–H groups in total. The zero-order valence-electron chi connectivity index (χ0n) is 10.7. The van der Waals surface area contributed by atoms with Crippen LogP contribution in [0.1, 0.15) is 12.5 Å². The van der Waals surface area contributed by atoms with Crippen LogP contribution in [0.25, 0.3) is 0 Å². The van der Waals surface area contributed by atoms with Crippen LogP contribution in [-0.4, -0.2) is 33.7 Å². The number of hydrogen-bond acceptors (Lipinski definition) is 4. The monoisotopic (exact) mass is 270 g/mol. The van der Waals surface area contributed by atoms with Gasteiger partial charge in [0.05, 0.1) is 10.9 Å². The van der Waals surface area contributed by atoms with Gasteiger partial charge in [-0.25, -0.2) is 8.42 Å². The molecule has 6 heteroatoms. The van der Waals surface area contributed by atoms with Gasteiger partial charge in [-0.3, -0.25) is 4.79 Å².